The molecule has 0 spiro atoms. The Morgan fingerprint density at radius 3 is 2.64 bits per heavy atom. The van der Waals surface area contributed by atoms with Crippen molar-refractivity contribution < 1.29 is 9.53 Å². The number of aromatic nitrogens is 1. The normalized spacial score (nSPS) is 20.9. The Labute approximate surface area is 152 Å². The van der Waals surface area contributed by atoms with Gasteiger partial charge in [-0.2, -0.15) is 0 Å². The maximum absolute atomic E-state index is 12.4. The Morgan fingerprint density at radius 2 is 1.96 bits per heavy atom. The monoisotopic (exact) mass is 356 g/mol. The smallest absolute Gasteiger partial charge is 0.339 e. The van der Waals surface area contributed by atoms with Crippen LogP contribution in [0.2, 0.25) is 5.02 Å². The molecule has 0 atom stereocenters. The lowest BCUT2D eigenvalue weighted by Gasteiger charge is -2.40. The highest BCUT2D eigenvalue weighted by molar-refractivity contribution is 6.30. The van der Waals surface area contributed by atoms with E-state index in [0.717, 1.165) is 42.8 Å². The van der Waals surface area contributed by atoms with Crippen molar-refractivity contribution in [2.75, 3.05) is 11.9 Å². The largest absolute Gasteiger partial charge is 0.462 e. The lowest BCUT2D eigenvalue weighted by Crippen LogP contribution is -2.26. The summed E-state index contributed by atoms with van der Waals surface area (Å²) in [4.78, 5) is 17.0. The van der Waals surface area contributed by atoms with Crippen LogP contribution in [0, 0.1) is 0 Å². The number of rotatable bonds is 4. The van der Waals surface area contributed by atoms with E-state index in [0.29, 0.717) is 29.0 Å². The van der Waals surface area contributed by atoms with E-state index in [4.69, 9.17) is 16.3 Å². The zero-order valence-corrected chi connectivity index (χ0v) is 15.0. The first-order valence-electron chi connectivity index (χ1n) is 8.90. The summed E-state index contributed by atoms with van der Waals surface area (Å²) in [6.07, 6.45) is 6.28. The third-order valence-corrected chi connectivity index (χ3v) is 5.52. The van der Waals surface area contributed by atoms with Crippen LogP contribution < -0.4 is 5.32 Å². The zero-order valence-electron chi connectivity index (χ0n) is 14.2. The predicted octanol–water partition coefficient (Wildman–Crippen LogP) is 5.41. The molecule has 5 rings (SSSR count). The van der Waals surface area contributed by atoms with Crippen molar-refractivity contribution in [3.63, 3.8) is 0 Å². The number of hydrogen-bond donors (Lipinski definition) is 1. The number of esters is 1. The van der Waals surface area contributed by atoms with E-state index in [1.165, 1.54) is 5.56 Å². The second kappa shape index (κ2) is 6.68. The minimum absolute atomic E-state index is 0.256. The van der Waals surface area contributed by atoms with E-state index < -0.39 is 0 Å². The van der Waals surface area contributed by atoms with Crippen LogP contribution >= 0.6 is 11.6 Å². The van der Waals surface area contributed by atoms with Crippen LogP contribution in [0.5, 0.6) is 0 Å². The Morgan fingerprint density at radius 1 is 1.24 bits per heavy atom. The molecule has 2 bridgehead atoms. The molecule has 0 amide bonds. The first-order valence-corrected chi connectivity index (χ1v) is 9.27. The number of carbonyl (C=O) groups excluding carboxylic acids is 1. The third kappa shape index (κ3) is 2.99. The number of hydrogen-bond acceptors (Lipinski definition) is 4. The molecular formula is C20H21ClN2O2. The first kappa shape index (κ1) is 16.4. The Kier molecular flexibility index (Phi) is 4.38. The summed E-state index contributed by atoms with van der Waals surface area (Å²) in [5.74, 6) is 1.48. The Bertz CT molecular complexity index is 813. The molecular weight excluding hydrogens is 336 g/mol. The van der Waals surface area contributed by atoms with Gasteiger partial charge in [0.05, 0.1) is 12.2 Å². The number of ether oxygens (including phenoxy) is 1. The van der Waals surface area contributed by atoms with Crippen molar-refractivity contribution in [1.29, 1.82) is 0 Å². The number of pyridine rings is 1. The summed E-state index contributed by atoms with van der Waals surface area (Å²) in [5, 5.41) is 4.09. The average molecular weight is 357 g/mol. The van der Waals surface area contributed by atoms with E-state index in [1.54, 1.807) is 6.20 Å². The summed E-state index contributed by atoms with van der Waals surface area (Å²) >= 11 is 6.10. The molecule has 1 saturated carbocycles. The number of anilines is 2. The van der Waals surface area contributed by atoms with E-state index in [1.807, 2.05) is 31.2 Å². The molecule has 4 nitrogen and oxygen atoms in total. The fourth-order valence-corrected chi connectivity index (χ4v) is 4.43. The fourth-order valence-electron chi connectivity index (χ4n) is 4.24. The van der Waals surface area contributed by atoms with Crippen LogP contribution in [0.25, 0.3) is 0 Å². The van der Waals surface area contributed by atoms with Crippen molar-refractivity contribution in [2.24, 2.45) is 0 Å². The Hall–Kier alpha value is -2.07. The van der Waals surface area contributed by atoms with Gasteiger partial charge in [0.25, 0.3) is 0 Å². The molecule has 3 aliphatic rings. The summed E-state index contributed by atoms with van der Waals surface area (Å²) in [6, 6.07) is 7.62. The van der Waals surface area contributed by atoms with E-state index in [9.17, 15) is 4.79 Å². The van der Waals surface area contributed by atoms with Gasteiger partial charge in [-0.3, -0.25) is 0 Å². The molecule has 0 radical (unpaired) electrons. The van der Waals surface area contributed by atoms with Gasteiger partial charge in [-0.1, -0.05) is 17.7 Å². The maximum Gasteiger partial charge on any atom is 0.339 e. The standard InChI is InChI=1S/C20H21ClN2O2/c1-2-25-20(24)16-11-22-19(23-15-5-3-4-14(21)10-15)18-13-8-6-12(7-9-13)17(16)18/h3-5,10-13H,2,6-9H2,1H3,(H,22,23). The molecule has 0 aliphatic heterocycles. The number of nitrogens with one attached hydrogen (secondary N) is 1. The number of benzene rings is 1. The van der Waals surface area contributed by atoms with Gasteiger partial charge in [-0.05, 0) is 68.2 Å². The van der Waals surface area contributed by atoms with Gasteiger partial charge in [0, 0.05) is 22.5 Å². The molecule has 25 heavy (non-hydrogen) atoms. The van der Waals surface area contributed by atoms with Crippen molar-refractivity contribution in [3.8, 4) is 0 Å². The second-order valence-corrected chi connectivity index (χ2v) is 7.19. The lowest BCUT2D eigenvalue weighted by molar-refractivity contribution is 0.0522. The summed E-state index contributed by atoms with van der Waals surface area (Å²) in [7, 11) is 0. The molecule has 1 fully saturated rings. The second-order valence-electron chi connectivity index (χ2n) is 6.75. The van der Waals surface area contributed by atoms with Crippen LogP contribution in [-0.2, 0) is 4.74 Å². The van der Waals surface area contributed by atoms with Gasteiger partial charge in [-0.15, -0.1) is 0 Å². The fraction of sp³-hybridized carbons (Fsp3) is 0.400. The van der Waals surface area contributed by atoms with Crippen LogP contribution in [-0.4, -0.2) is 17.6 Å². The number of halogens is 1. The molecule has 1 aromatic heterocycles. The minimum atomic E-state index is -0.256. The number of carbonyl (C=O) groups is 1. The van der Waals surface area contributed by atoms with Gasteiger partial charge < -0.3 is 10.1 Å². The highest BCUT2D eigenvalue weighted by Crippen LogP contribution is 2.52. The summed E-state index contributed by atoms with van der Waals surface area (Å²) < 4.78 is 5.26. The van der Waals surface area contributed by atoms with E-state index in [2.05, 4.69) is 10.3 Å². The molecule has 1 N–H and O–H groups in total. The van der Waals surface area contributed by atoms with E-state index in [-0.39, 0.29) is 5.97 Å². The van der Waals surface area contributed by atoms with Crippen molar-refractivity contribution in [3.05, 3.63) is 52.2 Å². The molecule has 130 valence electrons. The van der Waals surface area contributed by atoms with Crippen molar-refractivity contribution in [2.45, 2.75) is 44.4 Å². The molecule has 0 saturated heterocycles. The molecule has 1 aromatic carbocycles. The quantitative estimate of drug-likeness (QED) is 0.744. The third-order valence-electron chi connectivity index (χ3n) is 5.28. The van der Waals surface area contributed by atoms with Crippen LogP contribution in [0.3, 0.4) is 0 Å². The van der Waals surface area contributed by atoms with Gasteiger partial charge >= 0.3 is 5.97 Å². The summed E-state index contributed by atoms with van der Waals surface area (Å²) in [5.41, 5.74) is 3.91. The maximum atomic E-state index is 12.4. The average Bonchev–Trinajstić information content (AvgIpc) is 2.63. The van der Waals surface area contributed by atoms with Gasteiger partial charge in [0.15, 0.2) is 0 Å². The predicted molar refractivity (Wildman–Crippen MR) is 98.9 cm³/mol. The highest BCUT2D eigenvalue weighted by Gasteiger charge is 2.38. The molecule has 5 heteroatoms. The summed E-state index contributed by atoms with van der Waals surface area (Å²) in [6.45, 7) is 2.21. The van der Waals surface area contributed by atoms with Gasteiger partial charge in [-0.25, -0.2) is 9.78 Å². The van der Waals surface area contributed by atoms with Crippen molar-refractivity contribution in [1.82, 2.24) is 4.98 Å². The number of nitrogens with zero attached hydrogens (tertiary/aromatic N) is 1. The minimum Gasteiger partial charge on any atom is -0.462 e. The SMILES string of the molecule is CCOC(=O)c1cnc(Nc2cccc(Cl)c2)c2c1C1CCC2CC1. The topological polar surface area (TPSA) is 51.2 Å². The molecule has 1 heterocycles. The van der Waals surface area contributed by atoms with Gasteiger partial charge in [0.1, 0.15) is 5.82 Å². The Balaban J connectivity index is 1.79. The van der Waals surface area contributed by atoms with E-state index >= 15 is 0 Å². The molecule has 0 unspecified atom stereocenters. The first-order chi connectivity index (χ1) is 12.2. The van der Waals surface area contributed by atoms with Crippen LogP contribution in [0.1, 0.15) is 65.9 Å². The van der Waals surface area contributed by atoms with Crippen LogP contribution in [0.4, 0.5) is 11.5 Å². The van der Waals surface area contributed by atoms with Crippen molar-refractivity contribution >= 4 is 29.1 Å². The van der Waals surface area contributed by atoms with Crippen LogP contribution in [0.15, 0.2) is 30.5 Å². The zero-order chi connectivity index (χ0) is 17.4. The molecule has 2 aromatic rings. The highest BCUT2D eigenvalue weighted by atomic mass is 35.5. The number of fused-ring (bicyclic) bond motifs is 2. The lowest BCUT2D eigenvalue weighted by atomic mass is 9.66. The van der Waals surface area contributed by atoms with Gasteiger partial charge in [0.2, 0.25) is 0 Å². The molecule has 3 aliphatic carbocycles.